The van der Waals surface area contributed by atoms with Crippen LogP contribution in [0.2, 0.25) is 0 Å². The van der Waals surface area contributed by atoms with Crippen molar-refractivity contribution in [2.75, 3.05) is 13.1 Å². The van der Waals surface area contributed by atoms with E-state index in [0.29, 0.717) is 0 Å². The van der Waals surface area contributed by atoms with Crippen molar-refractivity contribution in [1.29, 1.82) is 10.5 Å². The van der Waals surface area contributed by atoms with E-state index in [1.54, 1.807) is 0 Å². The maximum atomic E-state index is 7.26. The number of nitriles is 2. The number of nitrogens with one attached hydrogen (secondary N) is 1. The molecule has 0 aromatic heterocycles. The third kappa shape index (κ3) is 6.94. The van der Waals surface area contributed by atoms with Crippen LogP contribution in [0.25, 0.3) is 0 Å². The fourth-order valence-electron chi connectivity index (χ4n) is 0.625. The summed E-state index contributed by atoms with van der Waals surface area (Å²) in [7, 11) is 0. The highest BCUT2D eigenvalue weighted by Crippen LogP contribution is 1.90. The molecule has 1 aliphatic rings. The van der Waals surface area contributed by atoms with Crippen molar-refractivity contribution in [2.24, 2.45) is 0 Å². The molecule has 1 heterocycles. The first kappa shape index (κ1) is 7.94. The molecule has 1 N–H and O–H groups in total. The van der Waals surface area contributed by atoms with Gasteiger partial charge in [0, 0.05) is 0 Å². The summed E-state index contributed by atoms with van der Waals surface area (Å²) in [5.41, 5.74) is 0. The largest absolute Gasteiger partial charge is 0.317 e. The predicted octanol–water partition coefficient (Wildman–Crippen LogP) is 0.403. The van der Waals surface area contributed by atoms with Crippen molar-refractivity contribution >= 4 is 0 Å². The van der Waals surface area contributed by atoms with Gasteiger partial charge in [0.1, 0.15) is 0 Å². The first-order chi connectivity index (χ1) is 4.41. The smallest absolute Gasteiger partial charge is 0.181 e. The minimum atomic E-state index is 1.24. The van der Waals surface area contributed by atoms with E-state index < -0.39 is 0 Å². The van der Waals surface area contributed by atoms with Crippen molar-refractivity contribution in [3.8, 4) is 12.1 Å². The van der Waals surface area contributed by atoms with E-state index in [1.807, 2.05) is 0 Å². The van der Waals surface area contributed by atoms with E-state index >= 15 is 0 Å². The molecule has 0 amide bonds. The van der Waals surface area contributed by atoms with Crippen LogP contribution in [0, 0.1) is 22.7 Å². The highest BCUT2D eigenvalue weighted by Gasteiger charge is 1.93. The highest BCUT2D eigenvalue weighted by atomic mass is 14.9. The van der Waals surface area contributed by atoms with E-state index in [0.717, 1.165) is 0 Å². The van der Waals surface area contributed by atoms with Crippen molar-refractivity contribution in [3.63, 3.8) is 0 Å². The van der Waals surface area contributed by atoms with Crippen LogP contribution < -0.4 is 5.32 Å². The minimum Gasteiger partial charge on any atom is -0.317 e. The lowest BCUT2D eigenvalue weighted by Crippen LogP contribution is -2.03. The summed E-state index contributed by atoms with van der Waals surface area (Å²) in [5, 5.41) is 17.8. The van der Waals surface area contributed by atoms with E-state index in [-0.39, 0.29) is 0 Å². The van der Waals surface area contributed by atoms with E-state index in [2.05, 4.69) is 5.32 Å². The van der Waals surface area contributed by atoms with Gasteiger partial charge < -0.3 is 5.32 Å². The Hall–Kier alpha value is -1.06. The lowest BCUT2D eigenvalue weighted by Gasteiger charge is -1.76. The highest BCUT2D eigenvalue weighted by molar-refractivity contribution is 4.99. The Kier molecular flexibility index (Phi) is 6.12. The van der Waals surface area contributed by atoms with Crippen molar-refractivity contribution in [1.82, 2.24) is 5.32 Å². The quantitative estimate of drug-likeness (QED) is 0.507. The Morgan fingerprint density at radius 1 is 1.00 bits per heavy atom. The van der Waals surface area contributed by atoms with Gasteiger partial charge >= 0.3 is 0 Å². The minimum absolute atomic E-state index is 1.24. The van der Waals surface area contributed by atoms with E-state index in [1.165, 1.54) is 38.1 Å². The zero-order valence-corrected chi connectivity index (χ0v) is 5.22. The predicted molar refractivity (Wildman–Crippen MR) is 33.3 cm³/mol. The Balaban J connectivity index is 0.000000148. The molecule has 0 spiro atoms. The monoisotopic (exact) mass is 123 g/mol. The van der Waals surface area contributed by atoms with Gasteiger partial charge in [-0.15, -0.1) is 0 Å². The van der Waals surface area contributed by atoms with Gasteiger partial charge in [-0.3, -0.25) is 0 Å². The van der Waals surface area contributed by atoms with Crippen molar-refractivity contribution in [3.05, 3.63) is 0 Å². The fraction of sp³-hybridized carbons (Fsp3) is 0.667. The van der Waals surface area contributed by atoms with Crippen LogP contribution in [0.3, 0.4) is 0 Å². The molecule has 0 radical (unpaired) electrons. The standard InChI is InChI=1S/C4H9N.C2N2/c1-2-4-5-3-1;3-1-2-4/h5H,1-4H2;. The zero-order valence-electron chi connectivity index (χ0n) is 5.22. The van der Waals surface area contributed by atoms with Crippen LogP contribution in [0.15, 0.2) is 0 Å². The fourth-order valence-corrected chi connectivity index (χ4v) is 0.625. The Morgan fingerprint density at radius 3 is 1.56 bits per heavy atom. The van der Waals surface area contributed by atoms with Crippen LogP contribution >= 0.6 is 0 Å². The third-order valence-electron chi connectivity index (χ3n) is 1.01. The van der Waals surface area contributed by atoms with Crippen LogP contribution in [-0.2, 0) is 0 Å². The zero-order chi connectivity index (χ0) is 6.95. The normalized spacial score (nSPS) is 14.4. The Morgan fingerprint density at radius 2 is 1.44 bits per heavy atom. The molecule has 3 nitrogen and oxygen atoms in total. The molecule has 1 fully saturated rings. The van der Waals surface area contributed by atoms with Crippen LogP contribution in [0.1, 0.15) is 12.8 Å². The number of hydrogen-bond acceptors (Lipinski definition) is 3. The average molecular weight is 123 g/mol. The van der Waals surface area contributed by atoms with Crippen LogP contribution in [0.4, 0.5) is 0 Å². The molecule has 9 heavy (non-hydrogen) atoms. The number of rotatable bonds is 0. The molecule has 3 heteroatoms. The summed E-state index contributed by atoms with van der Waals surface area (Å²) in [6.07, 6.45) is 2.78. The second-order valence-corrected chi connectivity index (χ2v) is 1.68. The molecule has 0 saturated carbocycles. The van der Waals surface area contributed by atoms with E-state index in [9.17, 15) is 0 Å². The molecule has 1 rings (SSSR count). The van der Waals surface area contributed by atoms with Crippen LogP contribution in [0.5, 0.6) is 0 Å². The SMILES string of the molecule is C1CCNC1.N#CC#N. The average Bonchev–Trinajstić information content (AvgIpc) is 2.43. The van der Waals surface area contributed by atoms with Gasteiger partial charge in [0.15, 0.2) is 12.1 Å². The Labute approximate surface area is 54.9 Å². The molecule has 0 aromatic rings. The van der Waals surface area contributed by atoms with Gasteiger partial charge in [-0.1, -0.05) is 0 Å². The van der Waals surface area contributed by atoms with Gasteiger partial charge in [0.25, 0.3) is 0 Å². The Bertz CT molecular complexity index is 105. The summed E-state index contributed by atoms with van der Waals surface area (Å²) < 4.78 is 0. The van der Waals surface area contributed by atoms with Gasteiger partial charge in [-0.05, 0) is 25.9 Å². The maximum absolute atomic E-state index is 7.26. The van der Waals surface area contributed by atoms with Gasteiger partial charge in [-0.2, -0.15) is 10.5 Å². The summed E-state index contributed by atoms with van der Waals surface area (Å²) in [5.74, 6) is 0. The molecule has 1 aliphatic heterocycles. The molecular formula is C6H9N3. The van der Waals surface area contributed by atoms with Gasteiger partial charge in [0.2, 0.25) is 0 Å². The van der Waals surface area contributed by atoms with Crippen molar-refractivity contribution in [2.45, 2.75) is 12.8 Å². The topological polar surface area (TPSA) is 59.6 Å². The molecule has 0 aromatic carbocycles. The first-order valence-electron chi connectivity index (χ1n) is 2.90. The summed E-state index contributed by atoms with van der Waals surface area (Å²) in [4.78, 5) is 0. The second-order valence-electron chi connectivity index (χ2n) is 1.68. The number of hydrogen-bond donors (Lipinski definition) is 1. The lowest BCUT2D eigenvalue weighted by molar-refractivity contribution is 0.857. The summed E-state index contributed by atoms with van der Waals surface area (Å²) in [6.45, 7) is 2.50. The number of nitrogens with zero attached hydrogens (tertiary/aromatic N) is 2. The molecule has 0 unspecified atom stereocenters. The molecule has 0 atom stereocenters. The molecule has 48 valence electrons. The maximum Gasteiger partial charge on any atom is 0.181 e. The summed E-state index contributed by atoms with van der Waals surface area (Å²) in [6, 6.07) is 2.47. The van der Waals surface area contributed by atoms with Gasteiger partial charge in [0.05, 0.1) is 0 Å². The molecular weight excluding hydrogens is 114 g/mol. The summed E-state index contributed by atoms with van der Waals surface area (Å²) >= 11 is 0. The van der Waals surface area contributed by atoms with Gasteiger partial charge in [-0.25, -0.2) is 0 Å². The second kappa shape index (κ2) is 6.94. The first-order valence-corrected chi connectivity index (χ1v) is 2.90. The molecule has 0 bridgehead atoms. The van der Waals surface area contributed by atoms with Crippen LogP contribution in [-0.4, -0.2) is 13.1 Å². The molecule has 0 aliphatic carbocycles. The molecule has 1 saturated heterocycles. The van der Waals surface area contributed by atoms with E-state index in [4.69, 9.17) is 10.5 Å². The van der Waals surface area contributed by atoms with Crippen molar-refractivity contribution < 1.29 is 0 Å². The third-order valence-corrected chi connectivity index (χ3v) is 1.01. The lowest BCUT2D eigenvalue weighted by atomic mass is 10.4.